The predicted molar refractivity (Wildman–Crippen MR) is 102 cm³/mol. The van der Waals surface area contributed by atoms with Gasteiger partial charge in [-0.3, -0.25) is 9.59 Å². The van der Waals surface area contributed by atoms with Crippen LogP contribution in [0.15, 0.2) is 48.5 Å². The summed E-state index contributed by atoms with van der Waals surface area (Å²) in [6, 6.07) is 14.0. The molecule has 138 valence electrons. The predicted octanol–water partition coefficient (Wildman–Crippen LogP) is 3.11. The number of thiophene rings is 1. The third kappa shape index (κ3) is 4.15. The van der Waals surface area contributed by atoms with Gasteiger partial charge in [0.2, 0.25) is 5.78 Å². The van der Waals surface area contributed by atoms with Gasteiger partial charge < -0.3 is 15.2 Å². The average molecular weight is 383 g/mol. The SMILES string of the molecule is Cc1c(C(=O)COC(=O)c2ccccc2OCC(N)=O)sc2ccccc12. The van der Waals surface area contributed by atoms with Crippen LogP contribution in [0.25, 0.3) is 10.1 Å². The molecular formula is C20H17NO5S. The minimum absolute atomic E-state index is 0.125. The first-order valence-electron chi connectivity index (χ1n) is 8.16. The van der Waals surface area contributed by atoms with Crippen LogP contribution in [0.5, 0.6) is 5.75 Å². The van der Waals surface area contributed by atoms with Gasteiger partial charge >= 0.3 is 5.97 Å². The molecule has 1 heterocycles. The van der Waals surface area contributed by atoms with Crippen LogP contribution in [0.4, 0.5) is 0 Å². The smallest absolute Gasteiger partial charge is 0.342 e. The van der Waals surface area contributed by atoms with Crippen LogP contribution in [-0.2, 0) is 9.53 Å². The Hall–Kier alpha value is -3.19. The van der Waals surface area contributed by atoms with Gasteiger partial charge in [-0.1, -0.05) is 30.3 Å². The lowest BCUT2D eigenvalue weighted by Gasteiger charge is -2.09. The van der Waals surface area contributed by atoms with Crippen molar-refractivity contribution in [1.29, 1.82) is 0 Å². The Morgan fingerprint density at radius 3 is 2.44 bits per heavy atom. The Morgan fingerprint density at radius 1 is 1.00 bits per heavy atom. The van der Waals surface area contributed by atoms with Crippen molar-refractivity contribution in [2.75, 3.05) is 13.2 Å². The Kier molecular flexibility index (Phi) is 5.52. The van der Waals surface area contributed by atoms with Gasteiger partial charge in [0.05, 0.1) is 4.88 Å². The maximum absolute atomic E-state index is 12.5. The van der Waals surface area contributed by atoms with Gasteiger partial charge in [0.15, 0.2) is 13.2 Å². The zero-order valence-electron chi connectivity index (χ0n) is 14.6. The highest BCUT2D eigenvalue weighted by Gasteiger charge is 2.19. The highest BCUT2D eigenvalue weighted by atomic mass is 32.1. The van der Waals surface area contributed by atoms with Crippen LogP contribution in [0.3, 0.4) is 0 Å². The second kappa shape index (κ2) is 8.01. The number of nitrogens with two attached hydrogens (primary N) is 1. The number of hydrogen-bond donors (Lipinski definition) is 1. The summed E-state index contributed by atoms with van der Waals surface area (Å²) in [5.74, 6) is -1.46. The highest BCUT2D eigenvalue weighted by molar-refractivity contribution is 7.21. The fourth-order valence-corrected chi connectivity index (χ4v) is 3.76. The number of ether oxygens (including phenoxy) is 2. The van der Waals surface area contributed by atoms with Crippen molar-refractivity contribution in [3.63, 3.8) is 0 Å². The van der Waals surface area contributed by atoms with Crippen molar-refractivity contribution >= 4 is 39.1 Å². The number of amides is 1. The number of carbonyl (C=O) groups excluding carboxylic acids is 3. The minimum atomic E-state index is -0.706. The van der Waals surface area contributed by atoms with Crippen molar-refractivity contribution in [1.82, 2.24) is 0 Å². The number of primary amides is 1. The third-order valence-corrected chi connectivity index (χ3v) is 5.22. The summed E-state index contributed by atoms with van der Waals surface area (Å²) in [4.78, 5) is 36.3. The lowest BCUT2D eigenvalue weighted by Crippen LogP contribution is -2.21. The molecule has 0 radical (unpaired) electrons. The van der Waals surface area contributed by atoms with Crippen molar-refractivity contribution in [2.24, 2.45) is 5.73 Å². The summed E-state index contributed by atoms with van der Waals surface area (Å²) < 4.78 is 11.4. The van der Waals surface area contributed by atoms with Gasteiger partial charge in [-0.25, -0.2) is 4.79 Å². The molecule has 2 N–H and O–H groups in total. The monoisotopic (exact) mass is 383 g/mol. The van der Waals surface area contributed by atoms with Gasteiger partial charge in [0.1, 0.15) is 11.3 Å². The Labute approximate surface area is 159 Å². The molecule has 0 bridgehead atoms. The number of fused-ring (bicyclic) bond motifs is 1. The van der Waals surface area contributed by atoms with E-state index in [2.05, 4.69) is 0 Å². The van der Waals surface area contributed by atoms with Gasteiger partial charge in [-0.2, -0.15) is 0 Å². The Morgan fingerprint density at radius 2 is 1.70 bits per heavy atom. The van der Waals surface area contributed by atoms with E-state index < -0.39 is 11.9 Å². The van der Waals surface area contributed by atoms with E-state index in [4.69, 9.17) is 15.2 Å². The molecule has 6 nitrogen and oxygen atoms in total. The standard InChI is InChI=1S/C20H17NO5S/c1-12-13-6-3-5-9-17(13)27-19(12)15(22)10-26-20(24)14-7-2-4-8-16(14)25-11-18(21)23/h2-9H,10-11H2,1H3,(H2,21,23). The molecule has 0 spiro atoms. The van der Waals surface area contributed by atoms with Crippen LogP contribution in [0.2, 0.25) is 0 Å². The van der Waals surface area contributed by atoms with Crippen LogP contribution in [-0.4, -0.2) is 30.9 Å². The molecule has 7 heteroatoms. The molecule has 0 aliphatic carbocycles. The van der Waals surface area contributed by atoms with Crippen molar-refractivity contribution in [3.8, 4) is 5.75 Å². The van der Waals surface area contributed by atoms with Crippen molar-refractivity contribution in [2.45, 2.75) is 6.92 Å². The molecule has 27 heavy (non-hydrogen) atoms. The maximum atomic E-state index is 12.5. The Balaban J connectivity index is 1.71. The number of hydrogen-bond acceptors (Lipinski definition) is 6. The van der Waals surface area contributed by atoms with E-state index in [0.29, 0.717) is 4.88 Å². The van der Waals surface area contributed by atoms with Gasteiger partial charge in [-0.15, -0.1) is 11.3 Å². The molecule has 3 rings (SSSR count). The summed E-state index contributed by atoms with van der Waals surface area (Å²) >= 11 is 1.38. The molecule has 1 amide bonds. The second-order valence-electron chi connectivity index (χ2n) is 5.80. The number of rotatable bonds is 7. The zero-order valence-corrected chi connectivity index (χ0v) is 15.4. The average Bonchev–Trinajstić information content (AvgIpc) is 3.01. The number of carbonyl (C=O) groups is 3. The topological polar surface area (TPSA) is 95.7 Å². The van der Waals surface area contributed by atoms with E-state index in [1.807, 2.05) is 31.2 Å². The quantitative estimate of drug-likeness (QED) is 0.500. The fourth-order valence-electron chi connectivity index (χ4n) is 2.62. The summed E-state index contributed by atoms with van der Waals surface area (Å²) in [5.41, 5.74) is 6.05. The summed E-state index contributed by atoms with van der Waals surface area (Å²) in [7, 11) is 0. The van der Waals surface area contributed by atoms with Crippen molar-refractivity contribution < 1.29 is 23.9 Å². The van der Waals surface area contributed by atoms with Crippen LogP contribution < -0.4 is 10.5 Å². The Bertz CT molecular complexity index is 1020. The lowest BCUT2D eigenvalue weighted by atomic mass is 10.1. The minimum Gasteiger partial charge on any atom is -0.483 e. The largest absolute Gasteiger partial charge is 0.483 e. The molecular weight excluding hydrogens is 366 g/mol. The van der Waals surface area contributed by atoms with Crippen LogP contribution in [0.1, 0.15) is 25.6 Å². The first-order valence-corrected chi connectivity index (χ1v) is 8.97. The van der Waals surface area contributed by atoms with E-state index in [0.717, 1.165) is 15.6 Å². The molecule has 0 aliphatic heterocycles. The highest BCUT2D eigenvalue weighted by Crippen LogP contribution is 2.31. The van der Waals surface area contributed by atoms with E-state index in [1.165, 1.54) is 23.5 Å². The first kappa shape index (κ1) is 18.6. The van der Waals surface area contributed by atoms with Crippen molar-refractivity contribution in [3.05, 3.63) is 64.5 Å². The van der Waals surface area contributed by atoms with Crippen LogP contribution >= 0.6 is 11.3 Å². The van der Waals surface area contributed by atoms with E-state index in [9.17, 15) is 14.4 Å². The maximum Gasteiger partial charge on any atom is 0.342 e. The summed E-state index contributed by atoms with van der Waals surface area (Å²) in [6.45, 7) is 1.14. The van der Waals surface area contributed by atoms with Gasteiger partial charge in [0, 0.05) is 4.70 Å². The van der Waals surface area contributed by atoms with Crippen LogP contribution in [0, 0.1) is 6.92 Å². The summed E-state index contributed by atoms with van der Waals surface area (Å²) in [6.07, 6.45) is 0. The van der Waals surface area contributed by atoms with E-state index in [-0.39, 0.29) is 30.3 Å². The molecule has 2 aromatic carbocycles. The number of aryl methyl sites for hydroxylation is 1. The number of esters is 1. The number of Topliss-reactive ketones (excluding diaryl/α,β-unsaturated/α-hetero) is 1. The molecule has 0 aliphatic rings. The van der Waals surface area contributed by atoms with Gasteiger partial charge in [-0.05, 0) is 36.1 Å². The normalized spacial score (nSPS) is 10.6. The first-order chi connectivity index (χ1) is 13.0. The molecule has 0 saturated carbocycles. The number of ketones is 1. The molecule has 3 aromatic rings. The van der Waals surface area contributed by atoms with E-state index >= 15 is 0 Å². The van der Waals surface area contributed by atoms with Gasteiger partial charge in [0.25, 0.3) is 5.91 Å². The molecule has 0 unspecified atom stereocenters. The second-order valence-corrected chi connectivity index (χ2v) is 6.86. The molecule has 1 aromatic heterocycles. The molecule has 0 saturated heterocycles. The number of benzene rings is 2. The fraction of sp³-hybridized carbons (Fsp3) is 0.150. The molecule has 0 fully saturated rings. The number of para-hydroxylation sites is 1. The van der Waals surface area contributed by atoms with E-state index in [1.54, 1.807) is 12.1 Å². The summed E-state index contributed by atoms with van der Waals surface area (Å²) in [5, 5.41) is 1.02. The third-order valence-electron chi connectivity index (χ3n) is 3.91. The molecule has 0 atom stereocenters. The zero-order chi connectivity index (χ0) is 19.4. The lowest BCUT2D eigenvalue weighted by molar-refractivity contribution is -0.119.